The molecule has 0 spiro atoms. The van der Waals surface area contributed by atoms with Gasteiger partial charge in [-0.05, 0) is 41.8 Å². The van der Waals surface area contributed by atoms with E-state index < -0.39 is 21.8 Å². The summed E-state index contributed by atoms with van der Waals surface area (Å²) in [5, 5.41) is 5.10. The van der Waals surface area contributed by atoms with Gasteiger partial charge < -0.3 is 10.6 Å². The molecule has 0 fully saturated rings. The number of sulfonamides is 1. The van der Waals surface area contributed by atoms with Gasteiger partial charge in [0.2, 0.25) is 10.0 Å². The van der Waals surface area contributed by atoms with Crippen LogP contribution in [0.5, 0.6) is 0 Å². The van der Waals surface area contributed by atoms with Crippen molar-refractivity contribution in [1.82, 2.24) is 19.9 Å². The average molecular weight is 419 g/mol. The van der Waals surface area contributed by atoms with E-state index in [1.807, 2.05) is 0 Å². The van der Waals surface area contributed by atoms with Crippen molar-refractivity contribution >= 4 is 21.8 Å². The van der Waals surface area contributed by atoms with Gasteiger partial charge in [-0.25, -0.2) is 8.42 Å². The van der Waals surface area contributed by atoms with Crippen LogP contribution in [0.15, 0.2) is 53.7 Å². The molecular weight excluding hydrogens is 392 g/mol. The van der Waals surface area contributed by atoms with Crippen molar-refractivity contribution in [3.63, 3.8) is 0 Å². The van der Waals surface area contributed by atoms with Crippen LogP contribution in [0.1, 0.15) is 25.0 Å². The van der Waals surface area contributed by atoms with E-state index in [1.165, 1.54) is 4.31 Å². The van der Waals surface area contributed by atoms with Gasteiger partial charge in [0, 0.05) is 38.6 Å². The molecule has 0 saturated carbocycles. The molecule has 2 aromatic rings. The fourth-order valence-corrected chi connectivity index (χ4v) is 4.16. The van der Waals surface area contributed by atoms with Crippen LogP contribution in [-0.2, 0) is 32.6 Å². The molecule has 0 bridgehead atoms. The van der Waals surface area contributed by atoms with Crippen molar-refractivity contribution in [2.24, 2.45) is 0 Å². The molecule has 156 valence electrons. The van der Waals surface area contributed by atoms with Gasteiger partial charge in [-0.1, -0.05) is 26.0 Å². The van der Waals surface area contributed by atoms with E-state index >= 15 is 0 Å². The lowest BCUT2D eigenvalue weighted by Crippen LogP contribution is -2.40. The fraction of sp³-hybridized carbons (Fsp3) is 0.350. The molecule has 0 aliphatic rings. The standard InChI is InChI=1S/C20H26N4O4S/c1-3-24(4-2)29(27,28)18-7-5-16(6-8-18)11-14-22-19(25)20(26)23-15-17-9-12-21-13-10-17/h5-10,12-13H,3-4,11,14-15H2,1-2H3,(H,22,25)(H,23,26). The van der Waals surface area contributed by atoms with Gasteiger partial charge in [0.1, 0.15) is 0 Å². The highest BCUT2D eigenvalue weighted by Crippen LogP contribution is 2.16. The van der Waals surface area contributed by atoms with E-state index in [4.69, 9.17) is 0 Å². The van der Waals surface area contributed by atoms with Crippen LogP contribution in [-0.4, -0.2) is 49.2 Å². The van der Waals surface area contributed by atoms with Crippen LogP contribution in [0.3, 0.4) is 0 Å². The Kier molecular flexibility index (Phi) is 8.29. The summed E-state index contributed by atoms with van der Waals surface area (Å²) in [6.45, 7) is 4.93. The molecule has 2 rings (SSSR count). The van der Waals surface area contributed by atoms with Gasteiger partial charge in [0.15, 0.2) is 0 Å². The predicted octanol–water partition coefficient (Wildman–Crippen LogP) is 1.09. The highest BCUT2D eigenvalue weighted by molar-refractivity contribution is 7.89. The molecule has 1 aromatic carbocycles. The predicted molar refractivity (Wildman–Crippen MR) is 109 cm³/mol. The summed E-state index contributed by atoms with van der Waals surface area (Å²) in [7, 11) is -3.49. The molecule has 1 aromatic heterocycles. The first kappa shape index (κ1) is 22.5. The number of hydrogen-bond donors (Lipinski definition) is 2. The van der Waals surface area contributed by atoms with Gasteiger partial charge in [-0.2, -0.15) is 4.31 Å². The van der Waals surface area contributed by atoms with Crippen LogP contribution in [0.2, 0.25) is 0 Å². The fourth-order valence-electron chi connectivity index (χ4n) is 2.70. The van der Waals surface area contributed by atoms with Gasteiger partial charge in [-0.15, -0.1) is 0 Å². The molecule has 1 heterocycles. The number of hydrogen-bond acceptors (Lipinski definition) is 5. The van der Waals surface area contributed by atoms with Gasteiger partial charge in [0.05, 0.1) is 4.90 Å². The maximum Gasteiger partial charge on any atom is 0.309 e. The second kappa shape index (κ2) is 10.7. The lowest BCUT2D eigenvalue weighted by Gasteiger charge is -2.18. The molecule has 0 radical (unpaired) electrons. The average Bonchev–Trinajstić information content (AvgIpc) is 2.73. The maximum atomic E-state index is 12.5. The first-order valence-corrected chi connectivity index (χ1v) is 10.9. The van der Waals surface area contributed by atoms with E-state index in [2.05, 4.69) is 15.6 Å². The number of benzene rings is 1. The Balaban J connectivity index is 1.81. The Morgan fingerprint density at radius 2 is 1.48 bits per heavy atom. The Labute approximate surface area is 171 Å². The second-order valence-corrected chi connectivity index (χ2v) is 8.22. The van der Waals surface area contributed by atoms with Crippen LogP contribution in [0, 0.1) is 0 Å². The summed E-state index contributed by atoms with van der Waals surface area (Å²) in [5.41, 5.74) is 1.71. The number of nitrogens with one attached hydrogen (secondary N) is 2. The topological polar surface area (TPSA) is 108 Å². The molecule has 2 amide bonds. The second-order valence-electron chi connectivity index (χ2n) is 6.28. The zero-order valence-corrected chi connectivity index (χ0v) is 17.4. The van der Waals surface area contributed by atoms with Gasteiger partial charge in [0.25, 0.3) is 0 Å². The van der Waals surface area contributed by atoms with Gasteiger partial charge >= 0.3 is 11.8 Å². The van der Waals surface area contributed by atoms with Crippen molar-refractivity contribution in [2.45, 2.75) is 31.7 Å². The Morgan fingerprint density at radius 1 is 0.897 bits per heavy atom. The summed E-state index contributed by atoms with van der Waals surface area (Å²) in [6.07, 6.45) is 3.70. The number of aromatic nitrogens is 1. The summed E-state index contributed by atoms with van der Waals surface area (Å²) in [5.74, 6) is -1.41. The highest BCUT2D eigenvalue weighted by Gasteiger charge is 2.21. The summed E-state index contributed by atoms with van der Waals surface area (Å²) in [4.78, 5) is 27.8. The minimum Gasteiger partial charge on any atom is -0.348 e. The Bertz CT molecular complexity index is 911. The normalized spacial score (nSPS) is 11.3. The lowest BCUT2D eigenvalue weighted by molar-refractivity contribution is -0.139. The molecule has 0 atom stereocenters. The van der Waals surface area contributed by atoms with E-state index in [-0.39, 0.29) is 18.0 Å². The first-order valence-electron chi connectivity index (χ1n) is 9.42. The van der Waals surface area contributed by atoms with E-state index in [1.54, 1.807) is 62.6 Å². The van der Waals surface area contributed by atoms with Gasteiger partial charge in [-0.3, -0.25) is 14.6 Å². The Hall–Kier alpha value is -2.78. The molecule has 0 aliphatic heterocycles. The zero-order chi connectivity index (χ0) is 21.3. The smallest absolute Gasteiger partial charge is 0.309 e. The molecule has 29 heavy (non-hydrogen) atoms. The Morgan fingerprint density at radius 3 is 2.07 bits per heavy atom. The van der Waals surface area contributed by atoms with E-state index in [0.717, 1.165) is 11.1 Å². The van der Waals surface area contributed by atoms with Crippen LogP contribution in [0.4, 0.5) is 0 Å². The number of rotatable bonds is 9. The SMILES string of the molecule is CCN(CC)S(=O)(=O)c1ccc(CCNC(=O)C(=O)NCc2ccncc2)cc1. The third-order valence-corrected chi connectivity index (χ3v) is 6.44. The minimum atomic E-state index is -3.49. The third kappa shape index (κ3) is 6.37. The van der Waals surface area contributed by atoms with Crippen molar-refractivity contribution in [3.05, 3.63) is 59.9 Å². The summed E-state index contributed by atoms with van der Waals surface area (Å²) < 4.78 is 26.3. The molecule has 2 N–H and O–H groups in total. The zero-order valence-electron chi connectivity index (χ0n) is 16.6. The lowest BCUT2D eigenvalue weighted by atomic mass is 10.1. The van der Waals surface area contributed by atoms with E-state index in [0.29, 0.717) is 19.5 Å². The number of carbonyl (C=O) groups excluding carboxylic acids is 2. The number of pyridine rings is 1. The maximum absolute atomic E-state index is 12.5. The molecular formula is C20H26N4O4S. The van der Waals surface area contributed by atoms with Crippen LogP contribution >= 0.6 is 0 Å². The van der Waals surface area contributed by atoms with Crippen molar-refractivity contribution < 1.29 is 18.0 Å². The first-order chi connectivity index (χ1) is 13.9. The number of amides is 2. The third-order valence-electron chi connectivity index (χ3n) is 4.37. The minimum absolute atomic E-state index is 0.240. The monoisotopic (exact) mass is 418 g/mol. The van der Waals surface area contributed by atoms with Crippen molar-refractivity contribution in [2.75, 3.05) is 19.6 Å². The van der Waals surface area contributed by atoms with Crippen LogP contribution < -0.4 is 10.6 Å². The quantitative estimate of drug-likeness (QED) is 0.593. The summed E-state index contributed by atoms with van der Waals surface area (Å²) >= 11 is 0. The van der Waals surface area contributed by atoms with Crippen molar-refractivity contribution in [3.8, 4) is 0 Å². The molecule has 0 unspecified atom stereocenters. The highest BCUT2D eigenvalue weighted by atomic mass is 32.2. The van der Waals surface area contributed by atoms with Crippen LogP contribution in [0.25, 0.3) is 0 Å². The summed E-state index contributed by atoms with van der Waals surface area (Å²) in [6, 6.07) is 10.1. The molecule has 0 saturated heterocycles. The van der Waals surface area contributed by atoms with E-state index in [9.17, 15) is 18.0 Å². The molecule has 9 heteroatoms. The number of nitrogens with zero attached hydrogens (tertiary/aromatic N) is 2. The molecule has 8 nitrogen and oxygen atoms in total. The van der Waals surface area contributed by atoms with Crippen molar-refractivity contribution in [1.29, 1.82) is 0 Å². The largest absolute Gasteiger partial charge is 0.348 e. The number of carbonyl (C=O) groups is 2. The molecule has 0 aliphatic carbocycles.